The van der Waals surface area contributed by atoms with Crippen LogP contribution in [0.2, 0.25) is 0 Å². The Morgan fingerprint density at radius 2 is 1.69 bits per heavy atom. The van der Waals surface area contributed by atoms with Crippen molar-refractivity contribution in [3.05, 3.63) is 24.3 Å². The maximum absolute atomic E-state index is 6.09. The van der Waals surface area contributed by atoms with Crippen molar-refractivity contribution in [3.8, 4) is 11.3 Å². The zero-order valence-electron chi connectivity index (χ0n) is 16.2. The van der Waals surface area contributed by atoms with Gasteiger partial charge in [0.05, 0.1) is 0 Å². The molecule has 0 aliphatic carbocycles. The van der Waals surface area contributed by atoms with Crippen LogP contribution in [0.25, 0.3) is 22.4 Å². The van der Waals surface area contributed by atoms with Crippen LogP contribution >= 0.6 is 0 Å². The Kier molecular flexibility index (Phi) is 5.54. The molecular formula is C19H26N10. The molecule has 29 heavy (non-hydrogen) atoms. The van der Waals surface area contributed by atoms with Gasteiger partial charge in [-0.05, 0) is 25.1 Å². The molecule has 10 nitrogen and oxygen atoms in total. The molecule has 1 aliphatic rings. The fourth-order valence-electron chi connectivity index (χ4n) is 3.43. The Hall–Kier alpha value is -3.24. The fraction of sp³-hybridized carbons (Fsp3) is 0.368. The number of aromatic nitrogens is 4. The predicted molar refractivity (Wildman–Crippen MR) is 116 cm³/mol. The minimum atomic E-state index is 0.0452. The lowest BCUT2D eigenvalue weighted by Gasteiger charge is -2.27. The van der Waals surface area contributed by atoms with Crippen LogP contribution in [0.1, 0.15) is 6.42 Å². The van der Waals surface area contributed by atoms with Crippen molar-refractivity contribution < 1.29 is 0 Å². The first-order valence-electron chi connectivity index (χ1n) is 9.74. The first kappa shape index (κ1) is 19.1. The van der Waals surface area contributed by atoms with Gasteiger partial charge < -0.3 is 32.7 Å². The van der Waals surface area contributed by atoms with Crippen molar-refractivity contribution >= 4 is 34.4 Å². The number of nitrogens with zero attached hydrogens (tertiary/aromatic N) is 5. The first-order valence-corrected chi connectivity index (χ1v) is 9.74. The SMILES string of the molecule is Nc1nc(N)c2nc(-c3ccc(NCCCN4CCNCC4)cc3)c(N)nc2n1. The van der Waals surface area contributed by atoms with Crippen LogP contribution < -0.4 is 27.8 Å². The molecule has 3 heterocycles. The summed E-state index contributed by atoms with van der Waals surface area (Å²) < 4.78 is 0. The zero-order valence-corrected chi connectivity index (χ0v) is 16.2. The summed E-state index contributed by atoms with van der Waals surface area (Å²) in [5, 5.41) is 6.83. The molecule has 0 spiro atoms. The molecular weight excluding hydrogens is 368 g/mol. The van der Waals surface area contributed by atoms with Crippen molar-refractivity contribution in [3.63, 3.8) is 0 Å². The Morgan fingerprint density at radius 3 is 2.45 bits per heavy atom. The number of benzene rings is 1. The molecule has 0 saturated carbocycles. The second-order valence-electron chi connectivity index (χ2n) is 7.05. The monoisotopic (exact) mass is 394 g/mol. The van der Waals surface area contributed by atoms with E-state index in [1.165, 1.54) is 0 Å². The summed E-state index contributed by atoms with van der Waals surface area (Å²) in [7, 11) is 0. The van der Waals surface area contributed by atoms with Crippen LogP contribution in [0.5, 0.6) is 0 Å². The van der Waals surface area contributed by atoms with Gasteiger partial charge in [-0.1, -0.05) is 12.1 Å². The van der Waals surface area contributed by atoms with E-state index in [9.17, 15) is 0 Å². The molecule has 0 amide bonds. The normalized spacial score (nSPS) is 14.9. The number of anilines is 4. The molecule has 1 fully saturated rings. The van der Waals surface area contributed by atoms with Gasteiger partial charge >= 0.3 is 0 Å². The lowest BCUT2D eigenvalue weighted by molar-refractivity contribution is 0.240. The molecule has 2 aromatic heterocycles. The minimum absolute atomic E-state index is 0.0452. The number of nitrogens with one attached hydrogen (secondary N) is 2. The molecule has 1 aliphatic heterocycles. The second-order valence-corrected chi connectivity index (χ2v) is 7.05. The van der Waals surface area contributed by atoms with Crippen LogP contribution in [-0.4, -0.2) is 64.1 Å². The smallest absolute Gasteiger partial charge is 0.224 e. The maximum Gasteiger partial charge on any atom is 0.224 e. The molecule has 3 aromatic rings. The highest BCUT2D eigenvalue weighted by Crippen LogP contribution is 2.27. The summed E-state index contributed by atoms with van der Waals surface area (Å²) >= 11 is 0. The van der Waals surface area contributed by atoms with Gasteiger partial charge in [0.25, 0.3) is 0 Å². The van der Waals surface area contributed by atoms with Gasteiger partial charge in [0.1, 0.15) is 5.69 Å². The van der Waals surface area contributed by atoms with Crippen LogP contribution in [-0.2, 0) is 0 Å². The number of hydrogen-bond donors (Lipinski definition) is 5. The molecule has 0 bridgehead atoms. The number of fused-ring (bicyclic) bond motifs is 1. The summed E-state index contributed by atoms with van der Waals surface area (Å²) in [4.78, 5) is 19.3. The summed E-state index contributed by atoms with van der Waals surface area (Å²) in [6.45, 7) is 6.47. The summed E-state index contributed by atoms with van der Waals surface area (Å²) in [5.41, 5.74) is 20.7. The summed E-state index contributed by atoms with van der Waals surface area (Å²) in [6, 6.07) is 7.93. The van der Waals surface area contributed by atoms with E-state index in [1.807, 2.05) is 24.3 Å². The van der Waals surface area contributed by atoms with E-state index in [1.54, 1.807) is 0 Å². The summed E-state index contributed by atoms with van der Waals surface area (Å²) in [5.74, 6) is 0.500. The highest BCUT2D eigenvalue weighted by atomic mass is 15.2. The molecule has 0 unspecified atom stereocenters. The van der Waals surface area contributed by atoms with Crippen LogP contribution in [0.3, 0.4) is 0 Å². The molecule has 0 radical (unpaired) electrons. The average Bonchev–Trinajstić information content (AvgIpc) is 2.72. The molecule has 0 atom stereocenters. The van der Waals surface area contributed by atoms with Gasteiger partial charge in [0.2, 0.25) is 5.95 Å². The molecule has 152 valence electrons. The van der Waals surface area contributed by atoms with Gasteiger partial charge in [0.15, 0.2) is 22.8 Å². The lowest BCUT2D eigenvalue weighted by atomic mass is 10.1. The highest BCUT2D eigenvalue weighted by Gasteiger charge is 2.13. The largest absolute Gasteiger partial charge is 0.385 e. The van der Waals surface area contributed by atoms with Gasteiger partial charge in [-0.15, -0.1) is 0 Å². The summed E-state index contributed by atoms with van der Waals surface area (Å²) in [6.07, 6.45) is 1.10. The van der Waals surface area contributed by atoms with E-state index in [-0.39, 0.29) is 17.6 Å². The Balaban J connectivity index is 1.41. The quantitative estimate of drug-likeness (QED) is 0.374. The van der Waals surface area contributed by atoms with Crippen molar-refractivity contribution in [1.29, 1.82) is 0 Å². The number of nitrogens with two attached hydrogens (primary N) is 3. The van der Waals surface area contributed by atoms with Gasteiger partial charge in [-0.25, -0.2) is 9.97 Å². The van der Waals surface area contributed by atoms with Crippen LogP contribution in [0.15, 0.2) is 24.3 Å². The molecule has 8 N–H and O–H groups in total. The van der Waals surface area contributed by atoms with Crippen LogP contribution in [0, 0.1) is 0 Å². The maximum atomic E-state index is 6.09. The third kappa shape index (κ3) is 4.44. The third-order valence-corrected chi connectivity index (χ3v) is 4.95. The van der Waals surface area contributed by atoms with Crippen molar-refractivity contribution in [2.24, 2.45) is 0 Å². The Bertz CT molecular complexity index is 982. The van der Waals surface area contributed by atoms with E-state index >= 15 is 0 Å². The van der Waals surface area contributed by atoms with Crippen molar-refractivity contribution in [2.45, 2.75) is 6.42 Å². The molecule has 1 aromatic carbocycles. The van der Waals surface area contributed by atoms with E-state index in [0.29, 0.717) is 16.9 Å². The van der Waals surface area contributed by atoms with Crippen molar-refractivity contribution in [1.82, 2.24) is 30.2 Å². The van der Waals surface area contributed by atoms with Crippen molar-refractivity contribution in [2.75, 3.05) is 61.8 Å². The minimum Gasteiger partial charge on any atom is -0.385 e. The van der Waals surface area contributed by atoms with Crippen LogP contribution in [0.4, 0.5) is 23.3 Å². The highest BCUT2D eigenvalue weighted by molar-refractivity contribution is 5.87. The second kappa shape index (κ2) is 8.41. The van der Waals surface area contributed by atoms with E-state index in [2.05, 4.69) is 35.5 Å². The molecule has 1 saturated heterocycles. The zero-order chi connectivity index (χ0) is 20.2. The van der Waals surface area contributed by atoms with Gasteiger partial charge in [0, 0.05) is 44.0 Å². The third-order valence-electron chi connectivity index (χ3n) is 4.95. The number of piperazine rings is 1. The van der Waals surface area contributed by atoms with Gasteiger partial charge in [-0.2, -0.15) is 9.97 Å². The number of rotatable bonds is 6. The first-order chi connectivity index (χ1) is 14.1. The Morgan fingerprint density at radius 1 is 0.931 bits per heavy atom. The standard InChI is InChI=1S/C19H26N10/c20-16-14(25-15-17(21)27-19(22)28-18(15)26-16)12-2-4-13(5-3-12)24-6-1-9-29-10-7-23-8-11-29/h2-5,23-24H,1,6-11H2,(H6,20,21,22,26,27,28). The molecule has 10 heteroatoms. The van der Waals surface area contributed by atoms with E-state index < -0.39 is 0 Å². The predicted octanol–water partition coefficient (Wildman–Crippen LogP) is 0.541. The lowest BCUT2D eigenvalue weighted by Crippen LogP contribution is -2.44. The van der Waals surface area contributed by atoms with E-state index in [0.717, 1.165) is 56.9 Å². The fourth-order valence-corrected chi connectivity index (χ4v) is 3.43. The topological polar surface area (TPSA) is 157 Å². The van der Waals surface area contributed by atoms with E-state index in [4.69, 9.17) is 17.2 Å². The molecule has 4 rings (SSSR count). The Labute approximate surface area is 168 Å². The van der Waals surface area contributed by atoms with Gasteiger partial charge in [-0.3, -0.25) is 0 Å². The average molecular weight is 394 g/mol. The number of hydrogen-bond acceptors (Lipinski definition) is 10. The number of nitrogen functional groups attached to an aromatic ring is 3.